The Labute approximate surface area is 111 Å². The van der Waals surface area contributed by atoms with Crippen LogP contribution in [0, 0.1) is 5.41 Å². The summed E-state index contributed by atoms with van der Waals surface area (Å²) in [4.78, 5) is 0. The number of aliphatic hydroxyl groups excluding tert-OH is 1. The van der Waals surface area contributed by atoms with Crippen molar-refractivity contribution in [3.05, 3.63) is 35.4 Å². The molecule has 0 aliphatic heterocycles. The summed E-state index contributed by atoms with van der Waals surface area (Å²) in [6.45, 7) is 6.61. The zero-order valence-corrected chi connectivity index (χ0v) is 11.9. The van der Waals surface area contributed by atoms with Crippen LogP contribution in [0.15, 0.2) is 24.3 Å². The van der Waals surface area contributed by atoms with Crippen LogP contribution in [0.2, 0.25) is 0 Å². The van der Waals surface area contributed by atoms with E-state index >= 15 is 0 Å². The molecule has 18 heavy (non-hydrogen) atoms. The van der Waals surface area contributed by atoms with E-state index in [4.69, 9.17) is 0 Å². The van der Waals surface area contributed by atoms with Gasteiger partial charge in [0.05, 0.1) is 6.10 Å². The molecule has 0 saturated heterocycles. The van der Waals surface area contributed by atoms with E-state index in [1.165, 1.54) is 36.8 Å². The van der Waals surface area contributed by atoms with Crippen molar-refractivity contribution in [2.75, 3.05) is 0 Å². The van der Waals surface area contributed by atoms with Gasteiger partial charge in [0.25, 0.3) is 0 Å². The van der Waals surface area contributed by atoms with Crippen LogP contribution in [0.25, 0.3) is 0 Å². The van der Waals surface area contributed by atoms with Crippen LogP contribution in [0.5, 0.6) is 0 Å². The SMILES string of the molecule is CC(O)Cc1ccc(C2CCC(C)(C)CC2)cc1. The number of hydrogen-bond acceptors (Lipinski definition) is 1. The molecule has 100 valence electrons. The summed E-state index contributed by atoms with van der Waals surface area (Å²) in [5.41, 5.74) is 3.27. The highest BCUT2D eigenvalue weighted by molar-refractivity contribution is 5.26. The van der Waals surface area contributed by atoms with Gasteiger partial charge in [-0.25, -0.2) is 0 Å². The van der Waals surface area contributed by atoms with Crippen LogP contribution in [-0.2, 0) is 6.42 Å². The molecule has 1 N–H and O–H groups in total. The van der Waals surface area contributed by atoms with Crippen LogP contribution >= 0.6 is 0 Å². The van der Waals surface area contributed by atoms with E-state index in [1.54, 1.807) is 0 Å². The largest absolute Gasteiger partial charge is 0.393 e. The molecule has 1 atom stereocenters. The predicted octanol–water partition coefficient (Wildman–Crippen LogP) is 4.29. The molecule has 0 amide bonds. The zero-order valence-electron chi connectivity index (χ0n) is 11.9. The lowest BCUT2D eigenvalue weighted by Crippen LogP contribution is -2.20. The summed E-state index contributed by atoms with van der Waals surface area (Å²) in [6, 6.07) is 8.89. The van der Waals surface area contributed by atoms with Crippen molar-refractivity contribution in [2.45, 2.75) is 64.9 Å². The molecule has 1 heteroatoms. The van der Waals surface area contributed by atoms with Gasteiger partial charge in [-0.15, -0.1) is 0 Å². The van der Waals surface area contributed by atoms with Crippen LogP contribution < -0.4 is 0 Å². The predicted molar refractivity (Wildman–Crippen MR) is 76.8 cm³/mol. The van der Waals surface area contributed by atoms with Gasteiger partial charge in [-0.1, -0.05) is 38.1 Å². The normalized spacial score (nSPS) is 21.8. The lowest BCUT2D eigenvalue weighted by Gasteiger charge is -2.34. The van der Waals surface area contributed by atoms with Crippen molar-refractivity contribution in [1.82, 2.24) is 0 Å². The lowest BCUT2D eigenvalue weighted by molar-refractivity contribution is 0.195. The van der Waals surface area contributed by atoms with Crippen molar-refractivity contribution in [1.29, 1.82) is 0 Å². The van der Waals surface area contributed by atoms with Gasteiger partial charge in [-0.05, 0) is 61.5 Å². The van der Waals surface area contributed by atoms with Gasteiger partial charge in [0.15, 0.2) is 0 Å². The molecule has 0 spiro atoms. The standard InChI is InChI=1S/C17H26O/c1-13(18)12-14-4-6-15(7-5-14)16-8-10-17(2,3)11-9-16/h4-7,13,16,18H,8-12H2,1-3H3. The Balaban J connectivity index is 1.98. The van der Waals surface area contributed by atoms with Crippen molar-refractivity contribution >= 4 is 0 Å². The molecule has 1 nitrogen and oxygen atoms in total. The number of aliphatic hydroxyl groups is 1. The Morgan fingerprint density at radius 1 is 1.17 bits per heavy atom. The molecule has 1 aliphatic rings. The van der Waals surface area contributed by atoms with E-state index in [-0.39, 0.29) is 6.10 Å². The molecule has 0 radical (unpaired) electrons. The first-order valence-corrected chi connectivity index (χ1v) is 7.23. The third-order valence-corrected chi connectivity index (χ3v) is 4.32. The fraction of sp³-hybridized carbons (Fsp3) is 0.647. The van der Waals surface area contributed by atoms with Crippen molar-refractivity contribution in [2.24, 2.45) is 5.41 Å². The van der Waals surface area contributed by atoms with E-state index in [1.807, 2.05) is 6.92 Å². The van der Waals surface area contributed by atoms with Gasteiger partial charge in [-0.3, -0.25) is 0 Å². The molecular formula is C17H26O. The van der Waals surface area contributed by atoms with Crippen molar-refractivity contribution in [3.63, 3.8) is 0 Å². The van der Waals surface area contributed by atoms with Gasteiger partial charge >= 0.3 is 0 Å². The monoisotopic (exact) mass is 246 g/mol. The molecule has 0 heterocycles. The van der Waals surface area contributed by atoms with E-state index in [0.29, 0.717) is 5.41 Å². The number of hydrogen-bond donors (Lipinski definition) is 1. The molecule has 0 bridgehead atoms. The van der Waals surface area contributed by atoms with Gasteiger partial charge < -0.3 is 5.11 Å². The molecule has 1 aromatic rings. The molecule has 1 fully saturated rings. The molecule has 1 aromatic carbocycles. The molecule has 0 aromatic heterocycles. The van der Waals surface area contributed by atoms with Gasteiger partial charge in [0, 0.05) is 0 Å². The number of benzene rings is 1. The molecule has 1 unspecified atom stereocenters. The second kappa shape index (κ2) is 5.44. The maximum absolute atomic E-state index is 9.38. The van der Waals surface area contributed by atoms with Crippen LogP contribution in [0.1, 0.15) is 63.5 Å². The fourth-order valence-corrected chi connectivity index (χ4v) is 3.00. The maximum Gasteiger partial charge on any atom is 0.0552 e. The molecule has 1 saturated carbocycles. The Bertz CT molecular complexity index is 365. The highest BCUT2D eigenvalue weighted by Gasteiger charge is 2.27. The van der Waals surface area contributed by atoms with Gasteiger partial charge in [-0.2, -0.15) is 0 Å². The molecule has 1 aliphatic carbocycles. The summed E-state index contributed by atoms with van der Waals surface area (Å²) in [5, 5.41) is 9.38. The highest BCUT2D eigenvalue weighted by atomic mass is 16.3. The number of rotatable bonds is 3. The summed E-state index contributed by atoms with van der Waals surface area (Å²) in [5.74, 6) is 0.749. The van der Waals surface area contributed by atoms with Gasteiger partial charge in [0.2, 0.25) is 0 Å². The van der Waals surface area contributed by atoms with Crippen LogP contribution in [0.3, 0.4) is 0 Å². The minimum atomic E-state index is -0.244. The zero-order chi connectivity index (χ0) is 13.2. The second-order valence-corrected chi connectivity index (χ2v) is 6.73. The highest BCUT2D eigenvalue weighted by Crippen LogP contribution is 2.42. The maximum atomic E-state index is 9.38. The van der Waals surface area contributed by atoms with Gasteiger partial charge in [0.1, 0.15) is 0 Å². The lowest BCUT2D eigenvalue weighted by atomic mass is 9.71. The Hall–Kier alpha value is -0.820. The minimum absolute atomic E-state index is 0.244. The fourth-order valence-electron chi connectivity index (χ4n) is 3.00. The van der Waals surface area contributed by atoms with E-state index in [9.17, 15) is 5.11 Å². The average Bonchev–Trinajstić information content (AvgIpc) is 2.30. The third-order valence-electron chi connectivity index (χ3n) is 4.32. The Morgan fingerprint density at radius 3 is 2.22 bits per heavy atom. The third kappa shape index (κ3) is 3.58. The average molecular weight is 246 g/mol. The summed E-state index contributed by atoms with van der Waals surface area (Å²) < 4.78 is 0. The Morgan fingerprint density at radius 2 is 1.72 bits per heavy atom. The van der Waals surface area contributed by atoms with Crippen LogP contribution in [-0.4, -0.2) is 11.2 Å². The van der Waals surface area contributed by atoms with Crippen LogP contribution in [0.4, 0.5) is 0 Å². The topological polar surface area (TPSA) is 20.2 Å². The van der Waals surface area contributed by atoms with E-state index in [0.717, 1.165) is 12.3 Å². The molecule has 2 rings (SSSR count). The quantitative estimate of drug-likeness (QED) is 0.843. The second-order valence-electron chi connectivity index (χ2n) is 6.73. The van der Waals surface area contributed by atoms with E-state index < -0.39 is 0 Å². The summed E-state index contributed by atoms with van der Waals surface area (Å²) in [6.07, 6.45) is 5.84. The van der Waals surface area contributed by atoms with Crippen molar-refractivity contribution in [3.8, 4) is 0 Å². The smallest absolute Gasteiger partial charge is 0.0552 e. The summed E-state index contributed by atoms with van der Waals surface area (Å²) in [7, 11) is 0. The summed E-state index contributed by atoms with van der Waals surface area (Å²) >= 11 is 0. The molecular weight excluding hydrogens is 220 g/mol. The first kappa shape index (κ1) is 13.6. The first-order valence-electron chi connectivity index (χ1n) is 7.23. The van der Waals surface area contributed by atoms with E-state index in [2.05, 4.69) is 38.1 Å². The first-order chi connectivity index (χ1) is 8.46. The minimum Gasteiger partial charge on any atom is -0.393 e. The van der Waals surface area contributed by atoms with Crippen molar-refractivity contribution < 1.29 is 5.11 Å². The Kier molecular flexibility index (Phi) is 4.11.